The minimum absolute atomic E-state index is 0.0732. The number of ether oxygens (including phenoxy) is 1. The van der Waals surface area contributed by atoms with E-state index in [0.717, 1.165) is 64.2 Å². The predicted molar refractivity (Wildman–Crippen MR) is 102 cm³/mol. The van der Waals surface area contributed by atoms with E-state index in [4.69, 9.17) is 9.84 Å². The van der Waals surface area contributed by atoms with E-state index in [1.807, 2.05) is 17.0 Å². The fraction of sp³-hybridized carbons (Fsp3) is 0.650. The number of β-amino-alcohol motifs (C(OH)–C–C–N with tert-alkyl or cyclic N) is 1. The number of aliphatic hydroxyl groups is 1. The van der Waals surface area contributed by atoms with Crippen molar-refractivity contribution in [3.05, 3.63) is 29.8 Å². The van der Waals surface area contributed by atoms with Crippen molar-refractivity contribution in [1.29, 1.82) is 0 Å². The van der Waals surface area contributed by atoms with E-state index in [1.165, 1.54) is 5.56 Å². The summed E-state index contributed by atoms with van der Waals surface area (Å²) in [4.78, 5) is 16.8. The van der Waals surface area contributed by atoms with Crippen molar-refractivity contribution < 1.29 is 14.6 Å². The molecule has 2 N–H and O–H groups in total. The molecule has 0 aromatic heterocycles. The highest BCUT2D eigenvalue weighted by atomic mass is 16.5. The van der Waals surface area contributed by atoms with Crippen LogP contribution in [0.5, 0.6) is 5.75 Å². The zero-order valence-corrected chi connectivity index (χ0v) is 15.7. The van der Waals surface area contributed by atoms with Crippen LogP contribution in [0.15, 0.2) is 24.3 Å². The number of para-hydroxylation sites is 1. The van der Waals surface area contributed by atoms with Gasteiger partial charge in [0.25, 0.3) is 0 Å². The number of urea groups is 1. The predicted octanol–water partition coefficient (Wildman–Crippen LogP) is 2.04. The lowest BCUT2D eigenvalue weighted by molar-refractivity contribution is 0.146. The number of rotatable bonds is 5. The molecule has 0 unspecified atom stereocenters. The first-order chi connectivity index (χ1) is 12.7. The number of methoxy groups -OCH3 is 1. The number of carbonyl (C=O) groups is 1. The number of nitrogens with one attached hydrogen (secondary N) is 1. The normalized spacial score (nSPS) is 20.2. The molecule has 2 aliphatic rings. The molecule has 6 nitrogen and oxygen atoms in total. The highest BCUT2D eigenvalue weighted by Crippen LogP contribution is 2.34. The van der Waals surface area contributed by atoms with Crippen LogP contribution in [0.2, 0.25) is 0 Å². The summed E-state index contributed by atoms with van der Waals surface area (Å²) >= 11 is 0. The highest BCUT2D eigenvalue weighted by Gasteiger charge is 2.27. The SMILES string of the molecule is COc1ccccc1C1CCN(C(=O)NC2CCN(CCO)CC2)CC1. The van der Waals surface area contributed by atoms with E-state index in [-0.39, 0.29) is 18.7 Å². The first-order valence-electron chi connectivity index (χ1n) is 9.73. The van der Waals surface area contributed by atoms with Gasteiger partial charge in [0.15, 0.2) is 0 Å². The Balaban J connectivity index is 1.45. The number of carbonyl (C=O) groups excluding carboxylic acids is 1. The molecule has 2 heterocycles. The lowest BCUT2D eigenvalue weighted by Crippen LogP contribution is -2.51. The average Bonchev–Trinajstić information content (AvgIpc) is 2.70. The molecule has 1 aromatic rings. The Morgan fingerprint density at radius 1 is 1.15 bits per heavy atom. The molecule has 0 atom stereocenters. The molecule has 3 rings (SSSR count). The molecule has 2 fully saturated rings. The summed E-state index contributed by atoms with van der Waals surface area (Å²) < 4.78 is 5.49. The van der Waals surface area contributed by atoms with Crippen LogP contribution in [-0.2, 0) is 0 Å². The van der Waals surface area contributed by atoms with Gasteiger partial charge in [0.05, 0.1) is 13.7 Å². The molecule has 0 bridgehead atoms. The van der Waals surface area contributed by atoms with Crippen LogP contribution in [0.4, 0.5) is 4.79 Å². The van der Waals surface area contributed by atoms with Crippen molar-refractivity contribution in [1.82, 2.24) is 15.1 Å². The van der Waals surface area contributed by atoms with Crippen molar-refractivity contribution in [2.75, 3.05) is 46.4 Å². The Morgan fingerprint density at radius 2 is 1.85 bits per heavy atom. The van der Waals surface area contributed by atoms with Gasteiger partial charge in [-0.05, 0) is 43.2 Å². The number of likely N-dealkylation sites (tertiary alicyclic amines) is 2. The van der Waals surface area contributed by atoms with Crippen molar-refractivity contribution in [2.24, 2.45) is 0 Å². The molecule has 1 aromatic carbocycles. The third-order valence-corrected chi connectivity index (χ3v) is 5.69. The van der Waals surface area contributed by atoms with E-state index >= 15 is 0 Å². The van der Waals surface area contributed by atoms with Gasteiger partial charge in [0, 0.05) is 38.8 Å². The number of benzene rings is 1. The lowest BCUT2D eigenvalue weighted by Gasteiger charge is -2.36. The maximum atomic E-state index is 12.6. The van der Waals surface area contributed by atoms with Crippen LogP contribution in [0, 0.1) is 0 Å². The quantitative estimate of drug-likeness (QED) is 0.842. The number of amides is 2. The smallest absolute Gasteiger partial charge is 0.317 e. The molecule has 0 radical (unpaired) electrons. The van der Waals surface area contributed by atoms with Crippen LogP contribution in [0.25, 0.3) is 0 Å². The van der Waals surface area contributed by atoms with Gasteiger partial charge in [0.2, 0.25) is 0 Å². The molecule has 0 aliphatic carbocycles. The molecule has 0 spiro atoms. The molecule has 26 heavy (non-hydrogen) atoms. The van der Waals surface area contributed by atoms with E-state index in [0.29, 0.717) is 5.92 Å². The van der Waals surface area contributed by atoms with E-state index in [1.54, 1.807) is 7.11 Å². The second kappa shape index (κ2) is 9.24. The van der Waals surface area contributed by atoms with Gasteiger partial charge in [-0.3, -0.25) is 0 Å². The Morgan fingerprint density at radius 3 is 2.50 bits per heavy atom. The summed E-state index contributed by atoms with van der Waals surface area (Å²) in [6.45, 7) is 4.41. The number of aliphatic hydroxyl groups excluding tert-OH is 1. The maximum Gasteiger partial charge on any atom is 0.317 e. The van der Waals surface area contributed by atoms with E-state index in [9.17, 15) is 4.79 Å². The topological polar surface area (TPSA) is 65.0 Å². The van der Waals surface area contributed by atoms with Crippen LogP contribution in [0.1, 0.15) is 37.2 Å². The molecule has 2 aliphatic heterocycles. The monoisotopic (exact) mass is 361 g/mol. The van der Waals surface area contributed by atoms with Crippen LogP contribution in [0.3, 0.4) is 0 Å². The number of piperidine rings is 2. The third-order valence-electron chi connectivity index (χ3n) is 5.69. The van der Waals surface area contributed by atoms with Gasteiger partial charge >= 0.3 is 6.03 Å². The Hall–Kier alpha value is -1.79. The second-order valence-electron chi connectivity index (χ2n) is 7.29. The van der Waals surface area contributed by atoms with Crippen LogP contribution >= 0.6 is 0 Å². The van der Waals surface area contributed by atoms with Crippen molar-refractivity contribution in [3.63, 3.8) is 0 Å². The van der Waals surface area contributed by atoms with Crippen LogP contribution in [-0.4, -0.2) is 73.4 Å². The standard InChI is InChI=1S/C20H31N3O3/c1-26-19-5-3-2-4-18(19)16-6-12-23(13-7-16)20(25)21-17-8-10-22(11-9-17)14-15-24/h2-5,16-17,24H,6-15H2,1H3,(H,21,25). The van der Waals surface area contributed by atoms with Gasteiger partial charge < -0.3 is 25.0 Å². The summed E-state index contributed by atoms with van der Waals surface area (Å²) in [7, 11) is 1.72. The summed E-state index contributed by atoms with van der Waals surface area (Å²) in [6.07, 6.45) is 3.87. The van der Waals surface area contributed by atoms with Gasteiger partial charge in [-0.25, -0.2) is 4.79 Å². The lowest BCUT2D eigenvalue weighted by atomic mass is 9.89. The average molecular weight is 361 g/mol. The largest absolute Gasteiger partial charge is 0.496 e. The molecule has 144 valence electrons. The molecule has 0 saturated carbocycles. The first-order valence-corrected chi connectivity index (χ1v) is 9.73. The van der Waals surface area contributed by atoms with Crippen LogP contribution < -0.4 is 10.1 Å². The second-order valence-corrected chi connectivity index (χ2v) is 7.29. The fourth-order valence-electron chi connectivity index (χ4n) is 4.11. The van der Waals surface area contributed by atoms with Gasteiger partial charge in [-0.15, -0.1) is 0 Å². The van der Waals surface area contributed by atoms with E-state index in [2.05, 4.69) is 22.3 Å². The first kappa shape index (κ1) is 19.0. The Kier molecular flexibility index (Phi) is 6.74. The van der Waals surface area contributed by atoms with Gasteiger partial charge in [-0.1, -0.05) is 18.2 Å². The zero-order valence-electron chi connectivity index (χ0n) is 15.7. The molecule has 2 saturated heterocycles. The Labute approximate surface area is 156 Å². The molecule has 6 heteroatoms. The van der Waals surface area contributed by atoms with Gasteiger partial charge in [-0.2, -0.15) is 0 Å². The molecular weight excluding hydrogens is 330 g/mol. The van der Waals surface area contributed by atoms with Gasteiger partial charge in [0.1, 0.15) is 5.75 Å². The Bertz CT molecular complexity index is 579. The highest BCUT2D eigenvalue weighted by molar-refractivity contribution is 5.74. The summed E-state index contributed by atoms with van der Waals surface area (Å²) in [6, 6.07) is 8.53. The summed E-state index contributed by atoms with van der Waals surface area (Å²) in [5.74, 6) is 1.40. The summed E-state index contributed by atoms with van der Waals surface area (Å²) in [5, 5.41) is 12.2. The van der Waals surface area contributed by atoms with Crippen molar-refractivity contribution in [2.45, 2.75) is 37.6 Å². The molecule has 2 amide bonds. The fourth-order valence-corrected chi connectivity index (χ4v) is 4.11. The number of nitrogens with zero attached hydrogens (tertiary/aromatic N) is 2. The minimum atomic E-state index is 0.0732. The third kappa shape index (κ3) is 4.68. The number of hydrogen-bond acceptors (Lipinski definition) is 4. The minimum Gasteiger partial charge on any atom is -0.496 e. The van der Waals surface area contributed by atoms with E-state index < -0.39 is 0 Å². The molecular formula is C20H31N3O3. The zero-order chi connectivity index (χ0) is 18.4. The summed E-state index contributed by atoms with van der Waals surface area (Å²) in [5.41, 5.74) is 1.26. The maximum absolute atomic E-state index is 12.6. The number of hydrogen-bond donors (Lipinski definition) is 2. The van der Waals surface area contributed by atoms with Crippen molar-refractivity contribution >= 4 is 6.03 Å². The van der Waals surface area contributed by atoms with Crippen molar-refractivity contribution in [3.8, 4) is 5.75 Å².